The van der Waals surface area contributed by atoms with E-state index in [-0.39, 0.29) is 17.7 Å². The average molecular weight is 269 g/mol. The molecule has 0 aromatic carbocycles. The van der Waals surface area contributed by atoms with Crippen LogP contribution in [-0.2, 0) is 9.59 Å². The topological polar surface area (TPSA) is 75.4 Å². The highest BCUT2D eigenvalue weighted by atomic mass is 16.2. The van der Waals surface area contributed by atoms with Crippen LogP contribution in [0.5, 0.6) is 0 Å². The van der Waals surface area contributed by atoms with E-state index in [0.717, 1.165) is 32.2 Å². The van der Waals surface area contributed by atoms with E-state index in [1.165, 1.54) is 0 Å². The van der Waals surface area contributed by atoms with Gasteiger partial charge >= 0.3 is 0 Å². The molecule has 19 heavy (non-hydrogen) atoms. The molecule has 0 aliphatic carbocycles. The minimum absolute atomic E-state index is 0.00478. The van der Waals surface area contributed by atoms with Gasteiger partial charge in [0.25, 0.3) is 0 Å². The molecule has 5 nitrogen and oxygen atoms in total. The highest BCUT2D eigenvalue weighted by Crippen LogP contribution is 2.17. The number of hydrogen-bond acceptors (Lipinski definition) is 3. The van der Waals surface area contributed by atoms with E-state index in [4.69, 9.17) is 5.73 Å². The molecule has 0 spiro atoms. The number of nitrogens with zero attached hydrogens (tertiary/aromatic N) is 1. The summed E-state index contributed by atoms with van der Waals surface area (Å²) >= 11 is 0. The minimum Gasteiger partial charge on any atom is -0.356 e. The molecule has 3 N–H and O–H groups in total. The second-order valence-electron chi connectivity index (χ2n) is 5.31. The van der Waals surface area contributed by atoms with Gasteiger partial charge < -0.3 is 16.0 Å². The van der Waals surface area contributed by atoms with Crippen LogP contribution in [0.15, 0.2) is 0 Å². The van der Waals surface area contributed by atoms with Gasteiger partial charge in [-0.05, 0) is 25.7 Å². The molecule has 5 heteroatoms. The lowest BCUT2D eigenvalue weighted by atomic mass is 9.96. The molecule has 1 saturated heterocycles. The Hall–Kier alpha value is -1.10. The van der Waals surface area contributed by atoms with E-state index in [2.05, 4.69) is 5.32 Å². The Morgan fingerprint density at radius 1 is 1.37 bits per heavy atom. The van der Waals surface area contributed by atoms with Crippen molar-refractivity contribution in [1.82, 2.24) is 10.2 Å². The van der Waals surface area contributed by atoms with Crippen molar-refractivity contribution in [3.63, 3.8) is 0 Å². The van der Waals surface area contributed by atoms with Gasteiger partial charge in [0.2, 0.25) is 11.8 Å². The second kappa shape index (κ2) is 8.15. The normalized spacial score (nSPS) is 21.0. The van der Waals surface area contributed by atoms with Crippen molar-refractivity contribution < 1.29 is 9.59 Å². The average Bonchev–Trinajstić information content (AvgIpc) is 2.44. The van der Waals surface area contributed by atoms with Crippen molar-refractivity contribution in [3.05, 3.63) is 0 Å². The summed E-state index contributed by atoms with van der Waals surface area (Å²) in [6, 6.07) is -0.414. The molecule has 0 saturated carbocycles. The first-order valence-electron chi connectivity index (χ1n) is 7.42. The smallest absolute Gasteiger partial charge is 0.239 e. The van der Waals surface area contributed by atoms with Crippen LogP contribution in [0.3, 0.4) is 0 Å². The zero-order valence-electron chi connectivity index (χ0n) is 12.2. The van der Waals surface area contributed by atoms with E-state index in [1.807, 2.05) is 13.8 Å². The van der Waals surface area contributed by atoms with Gasteiger partial charge in [-0.2, -0.15) is 0 Å². The molecule has 1 heterocycles. The summed E-state index contributed by atoms with van der Waals surface area (Å²) in [4.78, 5) is 25.8. The van der Waals surface area contributed by atoms with Gasteiger partial charge in [-0.3, -0.25) is 9.59 Å². The van der Waals surface area contributed by atoms with Crippen LogP contribution in [0.25, 0.3) is 0 Å². The van der Waals surface area contributed by atoms with Crippen molar-refractivity contribution in [2.75, 3.05) is 19.6 Å². The van der Waals surface area contributed by atoms with E-state index in [0.29, 0.717) is 19.5 Å². The molecule has 2 atom stereocenters. The highest BCUT2D eigenvalue weighted by Gasteiger charge is 2.30. The summed E-state index contributed by atoms with van der Waals surface area (Å²) in [7, 11) is 0. The number of piperidine rings is 1. The van der Waals surface area contributed by atoms with Crippen molar-refractivity contribution in [2.45, 2.75) is 52.0 Å². The number of nitrogens with two attached hydrogens (primary N) is 1. The zero-order valence-corrected chi connectivity index (χ0v) is 12.2. The third-order valence-corrected chi connectivity index (χ3v) is 3.57. The fourth-order valence-corrected chi connectivity index (χ4v) is 2.45. The number of carbonyl (C=O) groups excluding carboxylic acids is 2. The molecule has 0 radical (unpaired) electrons. The summed E-state index contributed by atoms with van der Waals surface area (Å²) < 4.78 is 0. The van der Waals surface area contributed by atoms with Crippen molar-refractivity contribution in [2.24, 2.45) is 11.7 Å². The Kier molecular flexibility index (Phi) is 6.84. The first-order valence-corrected chi connectivity index (χ1v) is 7.42. The van der Waals surface area contributed by atoms with Crippen LogP contribution < -0.4 is 11.1 Å². The van der Waals surface area contributed by atoms with Gasteiger partial charge in [-0.1, -0.05) is 20.3 Å². The number of rotatable bonds is 6. The zero-order chi connectivity index (χ0) is 14.3. The lowest BCUT2D eigenvalue weighted by molar-refractivity contribution is -0.137. The number of hydrogen-bond donors (Lipinski definition) is 2. The second-order valence-corrected chi connectivity index (χ2v) is 5.31. The number of carbonyl (C=O) groups is 2. The maximum atomic E-state index is 12.1. The molecule has 2 unspecified atom stereocenters. The monoisotopic (exact) mass is 269 g/mol. The molecular formula is C14H27N3O2. The molecule has 1 aliphatic heterocycles. The molecule has 1 fully saturated rings. The van der Waals surface area contributed by atoms with Crippen LogP contribution in [0.2, 0.25) is 0 Å². The quantitative estimate of drug-likeness (QED) is 0.751. The first-order chi connectivity index (χ1) is 9.10. The lowest BCUT2D eigenvalue weighted by Crippen LogP contribution is -2.50. The Morgan fingerprint density at radius 3 is 2.74 bits per heavy atom. The van der Waals surface area contributed by atoms with E-state index in [9.17, 15) is 9.59 Å². The molecular weight excluding hydrogens is 242 g/mol. The van der Waals surface area contributed by atoms with Gasteiger partial charge in [0.05, 0.1) is 12.0 Å². The Bertz CT molecular complexity index is 307. The van der Waals surface area contributed by atoms with Gasteiger partial charge in [0.1, 0.15) is 0 Å². The summed E-state index contributed by atoms with van der Waals surface area (Å²) in [6.07, 6.45) is 4.29. The number of nitrogens with one attached hydrogen (secondary N) is 1. The van der Waals surface area contributed by atoms with Gasteiger partial charge in [0, 0.05) is 19.6 Å². The number of amides is 2. The van der Waals surface area contributed by atoms with E-state index < -0.39 is 6.04 Å². The Labute approximate surface area is 115 Å². The largest absolute Gasteiger partial charge is 0.356 e. The van der Waals surface area contributed by atoms with Crippen molar-refractivity contribution in [3.8, 4) is 0 Å². The SMILES string of the molecule is CCCNC(=O)C1CCCN(C(=O)C(N)CCC)C1. The van der Waals surface area contributed by atoms with Crippen molar-refractivity contribution >= 4 is 11.8 Å². The molecule has 1 rings (SSSR count). The molecule has 110 valence electrons. The molecule has 0 bridgehead atoms. The van der Waals surface area contributed by atoms with Crippen LogP contribution >= 0.6 is 0 Å². The van der Waals surface area contributed by atoms with Crippen LogP contribution in [0.1, 0.15) is 46.0 Å². The first kappa shape index (κ1) is 16.0. The number of likely N-dealkylation sites (tertiary alicyclic amines) is 1. The van der Waals surface area contributed by atoms with Crippen LogP contribution in [-0.4, -0.2) is 42.4 Å². The molecule has 1 aliphatic rings. The molecule has 0 aromatic rings. The van der Waals surface area contributed by atoms with E-state index >= 15 is 0 Å². The maximum Gasteiger partial charge on any atom is 0.239 e. The summed E-state index contributed by atoms with van der Waals surface area (Å²) in [5.74, 6) is -0.00340. The minimum atomic E-state index is -0.414. The third-order valence-electron chi connectivity index (χ3n) is 3.57. The van der Waals surface area contributed by atoms with Gasteiger partial charge in [0.15, 0.2) is 0 Å². The summed E-state index contributed by atoms with van der Waals surface area (Å²) in [5, 5.41) is 2.91. The van der Waals surface area contributed by atoms with E-state index in [1.54, 1.807) is 4.90 Å². The standard InChI is InChI=1S/C14H27N3O2/c1-3-6-12(15)14(19)17-9-5-7-11(10-17)13(18)16-8-4-2/h11-12H,3-10,15H2,1-2H3,(H,16,18). The Balaban J connectivity index is 2.49. The molecule has 0 aromatic heterocycles. The third kappa shape index (κ3) is 4.82. The van der Waals surface area contributed by atoms with Gasteiger partial charge in [-0.25, -0.2) is 0 Å². The van der Waals surface area contributed by atoms with Crippen molar-refractivity contribution in [1.29, 1.82) is 0 Å². The lowest BCUT2D eigenvalue weighted by Gasteiger charge is -2.33. The predicted octanol–water partition coefficient (Wildman–Crippen LogP) is 0.879. The predicted molar refractivity (Wildman–Crippen MR) is 75.5 cm³/mol. The highest BCUT2D eigenvalue weighted by molar-refractivity contribution is 5.83. The van der Waals surface area contributed by atoms with Crippen LogP contribution in [0, 0.1) is 5.92 Å². The molecule has 2 amide bonds. The fourth-order valence-electron chi connectivity index (χ4n) is 2.45. The Morgan fingerprint density at radius 2 is 2.11 bits per heavy atom. The van der Waals surface area contributed by atoms with Gasteiger partial charge in [-0.15, -0.1) is 0 Å². The summed E-state index contributed by atoms with van der Waals surface area (Å²) in [5.41, 5.74) is 5.87. The fraction of sp³-hybridized carbons (Fsp3) is 0.857. The van der Waals surface area contributed by atoms with Crippen LogP contribution in [0.4, 0.5) is 0 Å². The maximum absolute atomic E-state index is 12.1. The summed E-state index contributed by atoms with van der Waals surface area (Å²) in [6.45, 7) is 6.00.